The Morgan fingerprint density at radius 1 is 1.24 bits per heavy atom. The first-order valence-electron chi connectivity index (χ1n) is 10.6. The van der Waals surface area contributed by atoms with Crippen LogP contribution in [-0.2, 0) is 30.1 Å². The molecule has 3 aromatic rings. The molecule has 4 heterocycles. The summed E-state index contributed by atoms with van der Waals surface area (Å²) >= 11 is 2.55. The predicted octanol–water partition coefficient (Wildman–Crippen LogP) is 4.98. The molecule has 1 unspecified atom stereocenters. The molecule has 0 radical (unpaired) electrons. The number of anilines is 2. The molecular weight excluding hydrogens is 503 g/mol. The lowest BCUT2D eigenvalue weighted by Crippen LogP contribution is -2.26. The van der Waals surface area contributed by atoms with Crippen molar-refractivity contribution < 1.29 is 17.4 Å². The van der Waals surface area contributed by atoms with E-state index >= 15 is 0 Å². The van der Waals surface area contributed by atoms with Crippen LogP contribution in [0.25, 0.3) is 10.6 Å². The van der Waals surface area contributed by atoms with E-state index in [9.17, 15) is 17.4 Å². The Bertz CT molecular complexity index is 1280. The van der Waals surface area contributed by atoms with Crippen molar-refractivity contribution in [2.24, 2.45) is 0 Å². The minimum absolute atomic E-state index is 0.0921. The van der Waals surface area contributed by atoms with Crippen LogP contribution in [0.1, 0.15) is 22.3 Å². The fourth-order valence-corrected chi connectivity index (χ4v) is 7.88. The summed E-state index contributed by atoms with van der Waals surface area (Å²) in [6, 6.07) is 5.79. The van der Waals surface area contributed by atoms with Gasteiger partial charge >= 0.3 is 6.18 Å². The third-order valence-electron chi connectivity index (χ3n) is 5.75. The molecule has 2 aliphatic heterocycles. The van der Waals surface area contributed by atoms with Crippen molar-refractivity contribution in [1.82, 2.24) is 19.6 Å². The Balaban J connectivity index is 1.53. The predicted molar refractivity (Wildman–Crippen MR) is 130 cm³/mol. The van der Waals surface area contributed by atoms with Crippen LogP contribution >= 0.6 is 23.1 Å². The van der Waals surface area contributed by atoms with E-state index in [0.717, 1.165) is 53.2 Å². The Morgan fingerprint density at radius 3 is 2.85 bits per heavy atom. The van der Waals surface area contributed by atoms with Gasteiger partial charge in [-0.05, 0) is 49.2 Å². The van der Waals surface area contributed by atoms with E-state index in [1.807, 2.05) is 13.0 Å². The van der Waals surface area contributed by atoms with Gasteiger partial charge in [-0.15, -0.1) is 23.1 Å². The van der Waals surface area contributed by atoms with Gasteiger partial charge in [0.25, 0.3) is 0 Å². The summed E-state index contributed by atoms with van der Waals surface area (Å²) in [5.41, 5.74) is 3.09. The summed E-state index contributed by atoms with van der Waals surface area (Å²) in [6.07, 6.45) is -2.89. The number of alkyl halides is 3. The van der Waals surface area contributed by atoms with Gasteiger partial charge in [-0.1, -0.05) is 6.07 Å². The molecule has 180 valence electrons. The summed E-state index contributed by atoms with van der Waals surface area (Å²) in [5, 5.41) is 3.13. The molecule has 0 saturated carbocycles. The number of thiophene rings is 1. The zero-order chi connectivity index (χ0) is 24.0. The minimum Gasteiger partial charge on any atom is -0.324 e. The van der Waals surface area contributed by atoms with Crippen molar-refractivity contribution in [3.63, 3.8) is 0 Å². The first kappa shape index (κ1) is 23.7. The van der Waals surface area contributed by atoms with Crippen LogP contribution < -0.4 is 10.0 Å². The van der Waals surface area contributed by atoms with Gasteiger partial charge in [0, 0.05) is 42.2 Å². The molecule has 0 bridgehead atoms. The van der Waals surface area contributed by atoms with E-state index in [-0.39, 0.29) is 11.6 Å². The van der Waals surface area contributed by atoms with Crippen molar-refractivity contribution in [2.75, 3.05) is 31.2 Å². The number of aromatic nitrogens is 2. The molecule has 5 rings (SSSR count). The Morgan fingerprint density at radius 2 is 2.06 bits per heavy atom. The number of thioether (sulfide) groups is 1. The molecule has 2 aromatic heterocycles. The Hall–Kier alpha value is -1.99. The summed E-state index contributed by atoms with van der Waals surface area (Å²) in [5.74, 6) is 0.778. The molecule has 0 amide bonds. The molecule has 2 N–H and O–H groups in total. The van der Waals surface area contributed by atoms with E-state index in [0.29, 0.717) is 21.4 Å². The number of halogens is 3. The summed E-state index contributed by atoms with van der Waals surface area (Å²) in [6.45, 7) is 4.35. The molecule has 2 aliphatic rings. The first-order chi connectivity index (χ1) is 16.2. The number of hydrogen-bond donors (Lipinski definition) is 2. The second-order valence-electron chi connectivity index (χ2n) is 8.28. The van der Waals surface area contributed by atoms with Crippen LogP contribution in [0.3, 0.4) is 0 Å². The molecule has 1 atom stereocenters. The van der Waals surface area contributed by atoms with Crippen LogP contribution in [-0.4, -0.2) is 45.0 Å². The second-order valence-corrected chi connectivity index (χ2v) is 12.0. The molecule has 0 fully saturated rings. The Labute approximate surface area is 206 Å². The Kier molecular flexibility index (Phi) is 6.44. The van der Waals surface area contributed by atoms with Gasteiger partial charge < -0.3 is 10.2 Å². The molecule has 12 heteroatoms. The number of benzene rings is 1. The van der Waals surface area contributed by atoms with E-state index < -0.39 is 22.7 Å². The third kappa shape index (κ3) is 4.74. The normalized spacial score (nSPS) is 18.8. The van der Waals surface area contributed by atoms with E-state index in [1.165, 1.54) is 22.9 Å². The fourth-order valence-electron chi connectivity index (χ4n) is 4.03. The highest BCUT2D eigenvalue weighted by atomic mass is 32.2. The average Bonchev–Trinajstić information content (AvgIpc) is 3.13. The highest BCUT2D eigenvalue weighted by Crippen LogP contribution is 2.43. The van der Waals surface area contributed by atoms with Gasteiger partial charge in [0.2, 0.25) is 5.95 Å². The first-order valence-corrected chi connectivity index (χ1v) is 13.6. The van der Waals surface area contributed by atoms with Gasteiger partial charge in [-0.25, -0.2) is 18.9 Å². The van der Waals surface area contributed by atoms with Crippen LogP contribution in [0.15, 0.2) is 33.5 Å². The SMILES string of the molecule is Cc1cc2c(cc1Nc1ncc(C(F)(F)F)c(-c3cc4c(s3)S(=O)NCCS4)n1)CCN(C)C2. The van der Waals surface area contributed by atoms with Crippen LogP contribution in [0, 0.1) is 6.92 Å². The number of nitrogens with zero attached hydrogens (tertiary/aromatic N) is 3. The molecule has 0 aliphatic carbocycles. The summed E-state index contributed by atoms with van der Waals surface area (Å²) < 4.78 is 57.3. The van der Waals surface area contributed by atoms with Gasteiger partial charge in [-0.2, -0.15) is 13.2 Å². The summed E-state index contributed by atoms with van der Waals surface area (Å²) in [4.78, 5) is 11.6. The molecule has 0 saturated heterocycles. The lowest BCUT2D eigenvalue weighted by Gasteiger charge is -2.26. The third-order valence-corrected chi connectivity index (χ3v) is 9.71. The zero-order valence-electron chi connectivity index (χ0n) is 18.5. The standard InChI is InChI=1S/C22H22F3N5OS3/c1-12-7-14-11-30(2)5-3-13(14)8-16(12)28-21-26-10-15(22(23,24)25)19(29-21)17-9-18-20(33-17)34(31)27-4-6-32-18/h7-10,27H,3-6,11H2,1-2H3,(H,26,28,29). The number of nitrogens with one attached hydrogen (secondary N) is 2. The monoisotopic (exact) mass is 525 g/mol. The van der Waals surface area contributed by atoms with E-state index in [1.54, 1.807) is 6.07 Å². The maximum Gasteiger partial charge on any atom is 0.420 e. The lowest BCUT2D eigenvalue weighted by molar-refractivity contribution is -0.137. The van der Waals surface area contributed by atoms with Gasteiger partial charge in [-0.3, -0.25) is 0 Å². The largest absolute Gasteiger partial charge is 0.420 e. The number of hydrogen-bond acceptors (Lipinski definition) is 7. The number of rotatable bonds is 3. The fraction of sp³-hybridized carbons (Fsp3) is 0.364. The molecule has 1 aromatic carbocycles. The molecule has 6 nitrogen and oxygen atoms in total. The topological polar surface area (TPSA) is 70.1 Å². The van der Waals surface area contributed by atoms with Crippen molar-refractivity contribution in [3.05, 3.63) is 46.6 Å². The van der Waals surface area contributed by atoms with Gasteiger partial charge in [0.15, 0.2) is 0 Å². The zero-order valence-corrected chi connectivity index (χ0v) is 20.9. The second kappa shape index (κ2) is 9.23. The van der Waals surface area contributed by atoms with E-state index in [4.69, 9.17) is 0 Å². The van der Waals surface area contributed by atoms with Crippen LogP contribution in [0.4, 0.5) is 24.8 Å². The molecule has 0 spiro atoms. The average molecular weight is 526 g/mol. The van der Waals surface area contributed by atoms with E-state index in [2.05, 4.69) is 38.0 Å². The van der Waals surface area contributed by atoms with Crippen LogP contribution in [0.2, 0.25) is 0 Å². The number of fused-ring (bicyclic) bond motifs is 2. The minimum atomic E-state index is -4.62. The number of likely N-dealkylation sites (N-methyl/N-ethyl adjacent to an activating group) is 1. The highest BCUT2D eigenvalue weighted by Gasteiger charge is 2.36. The van der Waals surface area contributed by atoms with Crippen molar-refractivity contribution >= 4 is 45.7 Å². The highest BCUT2D eigenvalue weighted by molar-refractivity contribution is 8.00. The van der Waals surface area contributed by atoms with Gasteiger partial charge in [0.05, 0.1) is 10.6 Å². The smallest absolute Gasteiger partial charge is 0.324 e. The van der Waals surface area contributed by atoms with Crippen molar-refractivity contribution in [1.29, 1.82) is 0 Å². The van der Waals surface area contributed by atoms with Gasteiger partial charge in [0.1, 0.15) is 20.8 Å². The molecular formula is C22H22F3N5OS3. The lowest BCUT2D eigenvalue weighted by atomic mass is 9.96. The maximum atomic E-state index is 13.8. The quantitative estimate of drug-likeness (QED) is 0.503. The maximum absolute atomic E-state index is 13.8. The van der Waals surface area contributed by atoms with Crippen molar-refractivity contribution in [2.45, 2.75) is 35.2 Å². The van der Waals surface area contributed by atoms with Crippen molar-refractivity contribution in [3.8, 4) is 10.6 Å². The van der Waals surface area contributed by atoms with Crippen LogP contribution in [0.5, 0.6) is 0 Å². The molecule has 34 heavy (non-hydrogen) atoms. The summed E-state index contributed by atoms with van der Waals surface area (Å²) in [7, 11) is 0.626. The number of aryl methyl sites for hydroxylation is 1.